The number of nitrogens with zero attached hydrogens (tertiary/aromatic N) is 2. The summed E-state index contributed by atoms with van der Waals surface area (Å²) in [6.45, 7) is 2.07. The molecule has 20 heavy (non-hydrogen) atoms. The van der Waals surface area contributed by atoms with E-state index >= 15 is 0 Å². The molecule has 0 radical (unpaired) electrons. The predicted octanol–water partition coefficient (Wildman–Crippen LogP) is 1.56. The number of aryl methyl sites for hydroxylation is 1. The molecular weight excluding hydrogens is 300 g/mol. The monoisotopic (exact) mass is 312 g/mol. The van der Waals surface area contributed by atoms with Gasteiger partial charge in [0.05, 0.1) is 11.6 Å². The fraction of sp³-hybridized carbons (Fsp3) is 0.308. The van der Waals surface area contributed by atoms with E-state index in [0.717, 1.165) is 10.9 Å². The molecule has 1 aliphatic heterocycles. The maximum atomic E-state index is 12.5. The Morgan fingerprint density at radius 1 is 1.40 bits per heavy atom. The lowest BCUT2D eigenvalue weighted by Crippen LogP contribution is -2.53. The summed E-state index contributed by atoms with van der Waals surface area (Å²) in [5, 5.41) is 10.3. The number of pyridine rings is 1. The van der Waals surface area contributed by atoms with Crippen LogP contribution in [0.25, 0.3) is 10.9 Å². The molecule has 0 spiro atoms. The smallest absolute Gasteiger partial charge is 0.245 e. The maximum absolute atomic E-state index is 12.5. The van der Waals surface area contributed by atoms with Gasteiger partial charge in [-0.3, -0.25) is 0 Å². The summed E-state index contributed by atoms with van der Waals surface area (Å²) in [5.74, 6) is 0. The van der Waals surface area contributed by atoms with E-state index < -0.39 is 16.1 Å². The van der Waals surface area contributed by atoms with Crippen molar-refractivity contribution in [3.05, 3.63) is 35.0 Å². The summed E-state index contributed by atoms with van der Waals surface area (Å²) >= 11 is 6.00. The second-order valence-corrected chi connectivity index (χ2v) is 7.16. The number of aromatic nitrogens is 1. The van der Waals surface area contributed by atoms with E-state index in [1.165, 1.54) is 10.4 Å². The van der Waals surface area contributed by atoms with Gasteiger partial charge in [-0.15, -0.1) is 0 Å². The van der Waals surface area contributed by atoms with Crippen molar-refractivity contribution in [3.8, 4) is 0 Å². The zero-order chi connectivity index (χ0) is 14.5. The van der Waals surface area contributed by atoms with Gasteiger partial charge in [-0.05, 0) is 24.6 Å². The zero-order valence-corrected chi connectivity index (χ0v) is 12.3. The van der Waals surface area contributed by atoms with Gasteiger partial charge in [-0.25, -0.2) is 13.4 Å². The van der Waals surface area contributed by atoms with E-state index in [2.05, 4.69) is 4.98 Å². The number of fused-ring (bicyclic) bond motifs is 1. The van der Waals surface area contributed by atoms with Crippen LogP contribution in [0.4, 0.5) is 0 Å². The molecule has 2 aromatic rings. The first-order valence-corrected chi connectivity index (χ1v) is 7.95. The van der Waals surface area contributed by atoms with Crippen molar-refractivity contribution >= 4 is 32.5 Å². The number of hydrogen-bond donors (Lipinski definition) is 1. The van der Waals surface area contributed by atoms with E-state index in [-0.39, 0.29) is 18.0 Å². The van der Waals surface area contributed by atoms with Crippen molar-refractivity contribution in [1.29, 1.82) is 0 Å². The SMILES string of the molecule is Cc1cc2cccc(S(=O)(=O)N3CC(O)C3)c2nc1Cl. The first-order valence-electron chi connectivity index (χ1n) is 6.13. The minimum absolute atomic E-state index is 0.123. The molecule has 2 heterocycles. The molecule has 5 nitrogen and oxygen atoms in total. The molecule has 3 rings (SSSR count). The van der Waals surface area contributed by atoms with Crippen molar-refractivity contribution in [2.45, 2.75) is 17.9 Å². The Hall–Kier alpha value is -1.21. The molecule has 0 atom stereocenters. The number of sulfonamides is 1. The number of halogens is 1. The molecule has 1 aromatic heterocycles. The number of aliphatic hydroxyl groups excluding tert-OH is 1. The van der Waals surface area contributed by atoms with Crippen molar-refractivity contribution < 1.29 is 13.5 Å². The van der Waals surface area contributed by atoms with Crippen LogP contribution in [0.2, 0.25) is 5.15 Å². The summed E-state index contributed by atoms with van der Waals surface area (Å²) in [6.07, 6.45) is -0.585. The molecular formula is C13H13ClN2O3S. The molecule has 1 saturated heterocycles. The number of β-amino-alcohol motifs (C(OH)–C–C–N with tert-alkyl or cyclic N) is 1. The molecule has 0 unspecified atom stereocenters. The van der Waals surface area contributed by atoms with E-state index in [1.54, 1.807) is 12.1 Å². The third kappa shape index (κ3) is 2.09. The molecule has 1 aromatic carbocycles. The van der Waals surface area contributed by atoms with Gasteiger partial charge in [-0.1, -0.05) is 23.7 Å². The average Bonchev–Trinajstić information content (AvgIpc) is 2.35. The van der Waals surface area contributed by atoms with Gasteiger partial charge in [0.15, 0.2) is 0 Å². The highest BCUT2D eigenvalue weighted by molar-refractivity contribution is 7.89. The highest BCUT2D eigenvalue weighted by Crippen LogP contribution is 2.29. The van der Waals surface area contributed by atoms with Crippen LogP contribution < -0.4 is 0 Å². The lowest BCUT2D eigenvalue weighted by atomic mass is 10.2. The van der Waals surface area contributed by atoms with E-state index in [0.29, 0.717) is 10.7 Å². The van der Waals surface area contributed by atoms with Crippen LogP contribution in [0.3, 0.4) is 0 Å². The topological polar surface area (TPSA) is 70.5 Å². The maximum Gasteiger partial charge on any atom is 0.245 e. The fourth-order valence-corrected chi connectivity index (χ4v) is 4.03. The van der Waals surface area contributed by atoms with Crippen LogP contribution in [0.15, 0.2) is 29.2 Å². The largest absolute Gasteiger partial charge is 0.390 e. The Bertz CT molecular complexity index is 786. The predicted molar refractivity (Wildman–Crippen MR) is 76.3 cm³/mol. The molecule has 0 aliphatic carbocycles. The Kier molecular flexibility index (Phi) is 3.21. The standard InChI is InChI=1S/C13H13ClN2O3S/c1-8-5-9-3-2-4-11(12(9)15-13(8)14)20(18,19)16-6-10(17)7-16/h2-5,10,17H,6-7H2,1H3. The summed E-state index contributed by atoms with van der Waals surface area (Å²) in [6, 6.07) is 6.81. The number of para-hydroxylation sites is 1. The fourth-order valence-electron chi connectivity index (χ4n) is 2.21. The minimum atomic E-state index is -3.64. The summed E-state index contributed by atoms with van der Waals surface area (Å²) in [7, 11) is -3.64. The van der Waals surface area contributed by atoms with Crippen molar-refractivity contribution in [3.63, 3.8) is 0 Å². The second kappa shape index (κ2) is 4.66. The van der Waals surface area contributed by atoms with Crippen molar-refractivity contribution in [2.75, 3.05) is 13.1 Å². The van der Waals surface area contributed by atoms with Gasteiger partial charge >= 0.3 is 0 Å². The van der Waals surface area contributed by atoms with Crippen LogP contribution in [0, 0.1) is 6.92 Å². The number of rotatable bonds is 2. The van der Waals surface area contributed by atoms with Crippen LogP contribution in [-0.4, -0.2) is 42.0 Å². The van der Waals surface area contributed by atoms with Gasteiger partial charge in [-0.2, -0.15) is 4.31 Å². The number of benzene rings is 1. The summed E-state index contributed by atoms with van der Waals surface area (Å²) in [5.41, 5.74) is 1.16. The number of hydrogen-bond acceptors (Lipinski definition) is 4. The van der Waals surface area contributed by atoms with Gasteiger partial charge in [0.2, 0.25) is 10.0 Å². The van der Waals surface area contributed by atoms with Crippen molar-refractivity contribution in [2.24, 2.45) is 0 Å². The second-order valence-electron chi connectivity index (χ2n) is 4.90. The average molecular weight is 313 g/mol. The van der Waals surface area contributed by atoms with Gasteiger partial charge in [0.1, 0.15) is 10.0 Å². The highest BCUT2D eigenvalue weighted by atomic mass is 35.5. The quantitative estimate of drug-likeness (QED) is 0.854. The zero-order valence-electron chi connectivity index (χ0n) is 10.7. The Labute approximate surface area is 121 Å². The van der Waals surface area contributed by atoms with Crippen molar-refractivity contribution in [1.82, 2.24) is 9.29 Å². The Balaban J connectivity index is 2.19. The molecule has 0 bridgehead atoms. The minimum Gasteiger partial charge on any atom is -0.390 e. The van der Waals surface area contributed by atoms with Crippen LogP contribution in [-0.2, 0) is 10.0 Å². The van der Waals surface area contributed by atoms with E-state index in [9.17, 15) is 13.5 Å². The molecule has 0 amide bonds. The summed E-state index contributed by atoms with van der Waals surface area (Å²) < 4.78 is 26.2. The third-order valence-corrected chi connectivity index (χ3v) is 5.63. The third-order valence-electron chi connectivity index (χ3n) is 3.38. The first kappa shape index (κ1) is 13.8. The first-order chi connectivity index (χ1) is 9.39. The lowest BCUT2D eigenvalue weighted by molar-refractivity contribution is 0.0548. The highest BCUT2D eigenvalue weighted by Gasteiger charge is 2.36. The van der Waals surface area contributed by atoms with Crippen LogP contribution in [0.5, 0.6) is 0 Å². The van der Waals surface area contributed by atoms with E-state index in [1.807, 2.05) is 13.0 Å². The molecule has 1 aliphatic rings. The van der Waals surface area contributed by atoms with Crippen LogP contribution >= 0.6 is 11.6 Å². The molecule has 0 saturated carbocycles. The van der Waals surface area contributed by atoms with Gasteiger partial charge < -0.3 is 5.11 Å². The molecule has 1 fully saturated rings. The Morgan fingerprint density at radius 2 is 2.10 bits per heavy atom. The molecule has 106 valence electrons. The number of aliphatic hydroxyl groups is 1. The van der Waals surface area contributed by atoms with Gasteiger partial charge in [0, 0.05) is 18.5 Å². The van der Waals surface area contributed by atoms with Gasteiger partial charge in [0.25, 0.3) is 0 Å². The Morgan fingerprint density at radius 3 is 2.75 bits per heavy atom. The van der Waals surface area contributed by atoms with E-state index in [4.69, 9.17) is 11.6 Å². The van der Waals surface area contributed by atoms with Crippen LogP contribution in [0.1, 0.15) is 5.56 Å². The lowest BCUT2D eigenvalue weighted by Gasteiger charge is -2.34. The normalized spacial score (nSPS) is 17.4. The summed E-state index contributed by atoms with van der Waals surface area (Å²) in [4.78, 5) is 4.33. The molecule has 1 N–H and O–H groups in total. The molecule has 7 heteroatoms.